The summed E-state index contributed by atoms with van der Waals surface area (Å²) in [6.45, 7) is 3.48. The van der Waals surface area contributed by atoms with Crippen molar-refractivity contribution in [1.82, 2.24) is 10.2 Å². The third-order valence-electron chi connectivity index (χ3n) is 1.01. The van der Waals surface area contributed by atoms with Gasteiger partial charge in [0.2, 0.25) is 0 Å². The summed E-state index contributed by atoms with van der Waals surface area (Å²) in [4.78, 5) is 0. The summed E-state index contributed by atoms with van der Waals surface area (Å²) in [5.74, 6) is 0. The molecular weight excluding hydrogens is 206 g/mol. The molecule has 0 aliphatic rings. The van der Waals surface area contributed by atoms with E-state index >= 15 is 0 Å². The lowest BCUT2D eigenvalue weighted by Crippen LogP contribution is -1.87. The van der Waals surface area contributed by atoms with E-state index in [0.29, 0.717) is 10.6 Å². The Balaban J connectivity index is 3.23. The van der Waals surface area contributed by atoms with Crippen LogP contribution in [0.1, 0.15) is 5.56 Å². The van der Waals surface area contributed by atoms with Crippen LogP contribution >= 0.6 is 34.8 Å². The van der Waals surface area contributed by atoms with Gasteiger partial charge in [-0.25, -0.2) is 0 Å². The van der Waals surface area contributed by atoms with E-state index in [1.165, 1.54) is 6.07 Å². The van der Waals surface area contributed by atoms with Crippen LogP contribution in [0.3, 0.4) is 0 Å². The highest BCUT2D eigenvalue weighted by Gasteiger charge is 2.04. The van der Waals surface area contributed by atoms with Gasteiger partial charge in [-0.3, -0.25) is 0 Å². The first-order valence-electron chi connectivity index (χ1n) is 2.65. The first kappa shape index (κ1) is 8.78. The summed E-state index contributed by atoms with van der Waals surface area (Å²) in [5.41, 5.74) is 0.508. The Morgan fingerprint density at radius 1 is 1.36 bits per heavy atom. The monoisotopic (exact) mass is 208 g/mol. The molecule has 0 amide bonds. The largest absolute Gasteiger partial charge is 0.160 e. The average Bonchev–Trinajstić information content (AvgIpc) is 1.94. The van der Waals surface area contributed by atoms with Gasteiger partial charge in [-0.15, -0.1) is 10.2 Å². The lowest BCUT2D eigenvalue weighted by Gasteiger charge is -1.98. The topological polar surface area (TPSA) is 25.8 Å². The average molecular weight is 209 g/mol. The van der Waals surface area contributed by atoms with E-state index in [1.807, 2.05) is 0 Å². The van der Waals surface area contributed by atoms with Crippen LogP contribution in [0, 0.1) is 0 Å². The Morgan fingerprint density at radius 2 is 2.00 bits per heavy atom. The molecule has 1 aromatic rings. The van der Waals surface area contributed by atoms with Gasteiger partial charge >= 0.3 is 0 Å². The predicted octanol–water partition coefficient (Wildman–Crippen LogP) is 2.99. The molecule has 0 saturated heterocycles. The smallest absolute Gasteiger partial charge is 0.137 e. The van der Waals surface area contributed by atoms with Gasteiger partial charge in [0.15, 0.2) is 10.3 Å². The first-order chi connectivity index (χ1) is 5.11. The Hall–Kier alpha value is -0.310. The Labute approximate surface area is 78.8 Å². The van der Waals surface area contributed by atoms with E-state index < -0.39 is 0 Å². The zero-order valence-corrected chi connectivity index (χ0v) is 7.58. The van der Waals surface area contributed by atoms with Crippen LogP contribution < -0.4 is 0 Å². The van der Waals surface area contributed by atoms with Crippen LogP contribution in [-0.4, -0.2) is 10.2 Å². The van der Waals surface area contributed by atoms with Gasteiger partial charge in [0, 0.05) is 10.6 Å². The van der Waals surface area contributed by atoms with Crippen molar-refractivity contribution in [3.8, 4) is 0 Å². The molecule has 1 heterocycles. The molecule has 0 aliphatic carbocycles. The molecule has 0 saturated carbocycles. The fourth-order valence-electron chi connectivity index (χ4n) is 0.543. The summed E-state index contributed by atoms with van der Waals surface area (Å²) in [5, 5.41) is 7.79. The minimum absolute atomic E-state index is 0.203. The highest BCUT2D eigenvalue weighted by Crippen LogP contribution is 2.24. The van der Waals surface area contributed by atoms with Gasteiger partial charge in [0.1, 0.15) is 0 Å². The molecule has 0 spiro atoms. The summed E-state index contributed by atoms with van der Waals surface area (Å²) in [7, 11) is 0. The van der Waals surface area contributed by atoms with Crippen LogP contribution in [0.4, 0.5) is 0 Å². The summed E-state index contributed by atoms with van der Waals surface area (Å²) in [6.07, 6.45) is 0. The second kappa shape index (κ2) is 3.39. The SMILES string of the molecule is C=C(Cl)c1cc(Cl)nnc1Cl. The van der Waals surface area contributed by atoms with Crippen LogP contribution in [0.2, 0.25) is 10.3 Å². The van der Waals surface area contributed by atoms with Crippen LogP contribution in [0.25, 0.3) is 5.03 Å². The maximum absolute atomic E-state index is 5.61. The molecule has 0 bridgehead atoms. The van der Waals surface area contributed by atoms with Crippen LogP contribution in [0.15, 0.2) is 12.6 Å². The van der Waals surface area contributed by atoms with E-state index in [0.717, 1.165) is 0 Å². The molecule has 0 atom stereocenters. The minimum atomic E-state index is 0.203. The summed E-state index contributed by atoms with van der Waals surface area (Å²) < 4.78 is 0. The maximum atomic E-state index is 5.61. The molecule has 0 aliphatic heterocycles. The lowest BCUT2D eigenvalue weighted by molar-refractivity contribution is 1.03. The zero-order chi connectivity index (χ0) is 8.43. The Kier molecular flexibility index (Phi) is 2.71. The molecule has 0 N–H and O–H groups in total. The molecule has 2 nitrogen and oxygen atoms in total. The first-order valence-corrected chi connectivity index (χ1v) is 3.78. The van der Waals surface area contributed by atoms with E-state index in [4.69, 9.17) is 34.8 Å². The molecule has 1 aromatic heterocycles. The summed E-state index contributed by atoms with van der Waals surface area (Å²) in [6, 6.07) is 1.51. The van der Waals surface area contributed by atoms with E-state index in [-0.39, 0.29) is 10.3 Å². The molecule has 58 valence electrons. The minimum Gasteiger partial charge on any atom is -0.137 e. The van der Waals surface area contributed by atoms with Crippen molar-refractivity contribution < 1.29 is 0 Å². The molecule has 0 aromatic carbocycles. The third kappa shape index (κ3) is 2.06. The number of hydrogen-bond donors (Lipinski definition) is 0. The molecule has 0 unspecified atom stereocenters. The van der Waals surface area contributed by atoms with Gasteiger partial charge < -0.3 is 0 Å². The second-order valence-corrected chi connectivity index (χ2v) is 2.98. The fourth-order valence-corrected chi connectivity index (χ4v) is 1.09. The quantitative estimate of drug-likeness (QED) is 0.710. The van der Waals surface area contributed by atoms with Crippen molar-refractivity contribution in [2.75, 3.05) is 0 Å². The number of hydrogen-bond acceptors (Lipinski definition) is 2. The van der Waals surface area contributed by atoms with Crippen LogP contribution in [-0.2, 0) is 0 Å². The molecule has 11 heavy (non-hydrogen) atoms. The van der Waals surface area contributed by atoms with Crippen LogP contribution in [0.5, 0.6) is 0 Å². The standard InChI is InChI=1S/C6H3Cl3N2/c1-3(7)4-2-5(8)10-11-6(4)9/h2H,1H2. The zero-order valence-electron chi connectivity index (χ0n) is 5.31. The van der Waals surface area contributed by atoms with Crippen molar-refractivity contribution >= 4 is 39.8 Å². The molecule has 0 radical (unpaired) electrons. The van der Waals surface area contributed by atoms with E-state index in [9.17, 15) is 0 Å². The van der Waals surface area contributed by atoms with Gasteiger partial charge in [-0.1, -0.05) is 41.4 Å². The van der Waals surface area contributed by atoms with E-state index in [2.05, 4.69) is 16.8 Å². The van der Waals surface area contributed by atoms with Gasteiger partial charge in [-0.2, -0.15) is 0 Å². The van der Waals surface area contributed by atoms with Gasteiger partial charge in [0.05, 0.1) is 0 Å². The number of halogens is 3. The van der Waals surface area contributed by atoms with Crippen molar-refractivity contribution in [3.05, 3.63) is 28.5 Å². The Bertz CT molecular complexity index is 298. The number of aromatic nitrogens is 2. The predicted molar refractivity (Wildman–Crippen MR) is 46.9 cm³/mol. The molecule has 5 heteroatoms. The molecule has 1 rings (SSSR count). The van der Waals surface area contributed by atoms with Crippen molar-refractivity contribution in [3.63, 3.8) is 0 Å². The van der Waals surface area contributed by atoms with Gasteiger partial charge in [0.25, 0.3) is 0 Å². The van der Waals surface area contributed by atoms with Crippen molar-refractivity contribution in [2.24, 2.45) is 0 Å². The number of rotatable bonds is 1. The van der Waals surface area contributed by atoms with Gasteiger partial charge in [-0.05, 0) is 6.07 Å². The van der Waals surface area contributed by atoms with E-state index in [1.54, 1.807) is 0 Å². The lowest BCUT2D eigenvalue weighted by atomic mass is 10.3. The normalized spacial score (nSPS) is 9.73. The van der Waals surface area contributed by atoms with Crippen molar-refractivity contribution in [1.29, 1.82) is 0 Å². The third-order valence-corrected chi connectivity index (χ3v) is 1.68. The number of nitrogens with zero attached hydrogens (tertiary/aromatic N) is 2. The summed E-state index contributed by atoms with van der Waals surface area (Å²) >= 11 is 16.7. The highest BCUT2D eigenvalue weighted by atomic mass is 35.5. The Morgan fingerprint density at radius 3 is 2.45 bits per heavy atom. The fraction of sp³-hybridized carbons (Fsp3) is 0. The maximum Gasteiger partial charge on any atom is 0.160 e. The molecular formula is C6H3Cl3N2. The second-order valence-electron chi connectivity index (χ2n) is 1.78. The van der Waals surface area contributed by atoms with Crippen molar-refractivity contribution in [2.45, 2.75) is 0 Å². The highest BCUT2D eigenvalue weighted by molar-refractivity contribution is 6.50. The molecule has 0 fully saturated rings.